The molecule has 1 aliphatic carbocycles. The first-order chi connectivity index (χ1) is 9.14. The van der Waals surface area contributed by atoms with E-state index in [0.717, 1.165) is 38.5 Å². The lowest BCUT2D eigenvalue weighted by molar-refractivity contribution is -0.156. The maximum Gasteiger partial charge on any atom is 0.249 e. The highest BCUT2D eigenvalue weighted by molar-refractivity contribution is 5.99. The lowest BCUT2D eigenvalue weighted by Crippen LogP contribution is -2.70. The van der Waals surface area contributed by atoms with Gasteiger partial charge in [-0.25, -0.2) is 0 Å². The smallest absolute Gasteiger partial charge is 0.249 e. The molecular formula is C15H24N2O2. The highest BCUT2D eigenvalue weighted by Gasteiger charge is 2.50. The monoisotopic (exact) mass is 264 g/mol. The fourth-order valence-corrected chi connectivity index (χ4v) is 3.32. The van der Waals surface area contributed by atoms with E-state index in [1.165, 1.54) is 0 Å². The highest BCUT2D eigenvalue weighted by Crippen LogP contribution is 2.33. The quantitative estimate of drug-likeness (QED) is 0.790. The van der Waals surface area contributed by atoms with Crippen LogP contribution >= 0.6 is 0 Å². The Labute approximate surface area is 115 Å². The number of rotatable bonds is 4. The lowest BCUT2D eigenvalue weighted by atomic mass is 9.78. The van der Waals surface area contributed by atoms with Crippen LogP contribution in [-0.2, 0) is 9.59 Å². The van der Waals surface area contributed by atoms with E-state index in [1.54, 1.807) is 11.0 Å². The Kier molecular flexibility index (Phi) is 4.27. The van der Waals surface area contributed by atoms with Gasteiger partial charge in [0.2, 0.25) is 11.8 Å². The van der Waals surface area contributed by atoms with Crippen LogP contribution < -0.4 is 5.32 Å². The van der Waals surface area contributed by atoms with Gasteiger partial charge in [-0.2, -0.15) is 0 Å². The predicted octanol–water partition coefficient (Wildman–Crippen LogP) is 2.00. The zero-order valence-electron chi connectivity index (χ0n) is 11.8. The van der Waals surface area contributed by atoms with E-state index in [0.29, 0.717) is 13.0 Å². The van der Waals surface area contributed by atoms with Crippen LogP contribution in [0.3, 0.4) is 0 Å². The van der Waals surface area contributed by atoms with Crippen molar-refractivity contribution in [3.63, 3.8) is 0 Å². The first-order valence-electron chi connectivity index (χ1n) is 7.38. The van der Waals surface area contributed by atoms with E-state index in [2.05, 4.69) is 11.9 Å². The van der Waals surface area contributed by atoms with Gasteiger partial charge < -0.3 is 10.2 Å². The predicted molar refractivity (Wildman–Crippen MR) is 74.6 cm³/mol. The lowest BCUT2D eigenvalue weighted by Gasteiger charge is -2.47. The molecule has 1 spiro atoms. The summed E-state index contributed by atoms with van der Waals surface area (Å²) >= 11 is 0. The molecular weight excluding hydrogens is 240 g/mol. The van der Waals surface area contributed by atoms with Gasteiger partial charge in [-0.15, -0.1) is 6.58 Å². The van der Waals surface area contributed by atoms with E-state index in [1.807, 2.05) is 6.92 Å². The summed E-state index contributed by atoms with van der Waals surface area (Å²) in [7, 11) is 0. The average Bonchev–Trinajstić information content (AvgIpc) is 2.42. The number of piperazine rings is 1. The first-order valence-corrected chi connectivity index (χ1v) is 7.38. The molecule has 1 aliphatic heterocycles. The third-order valence-corrected chi connectivity index (χ3v) is 4.38. The Morgan fingerprint density at radius 1 is 1.37 bits per heavy atom. The van der Waals surface area contributed by atoms with Crippen molar-refractivity contribution in [1.29, 1.82) is 0 Å². The van der Waals surface area contributed by atoms with Crippen LogP contribution in [0.25, 0.3) is 0 Å². The van der Waals surface area contributed by atoms with E-state index in [9.17, 15) is 9.59 Å². The summed E-state index contributed by atoms with van der Waals surface area (Å²) in [6, 6.07) is -0.306. The van der Waals surface area contributed by atoms with Crippen molar-refractivity contribution in [1.82, 2.24) is 10.2 Å². The molecule has 19 heavy (non-hydrogen) atoms. The number of amides is 2. The highest BCUT2D eigenvalue weighted by atomic mass is 16.2. The van der Waals surface area contributed by atoms with Crippen molar-refractivity contribution in [2.75, 3.05) is 6.54 Å². The van der Waals surface area contributed by atoms with Crippen molar-refractivity contribution in [3.05, 3.63) is 12.7 Å². The molecule has 2 rings (SSSR count). The molecule has 0 aromatic rings. The Morgan fingerprint density at radius 3 is 2.63 bits per heavy atom. The molecule has 1 saturated carbocycles. The van der Waals surface area contributed by atoms with Gasteiger partial charge in [0.25, 0.3) is 0 Å². The van der Waals surface area contributed by atoms with Crippen molar-refractivity contribution in [2.24, 2.45) is 0 Å². The van der Waals surface area contributed by atoms with Crippen LogP contribution in [-0.4, -0.2) is 34.8 Å². The first kappa shape index (κ1) is 14.1. The fraction of sp³-hybridized carbons (Fsp3) is 0.733. The zero-order chi connectivity index (χ0) is 13.9. The number of carbonyl (C=O) groups is 2. The van der Waals surface area contributed by atoms with Crippen LogP contribution in [0.15, 0.2) is 12.7 Å². The second-order valence-electron chi connectivity index (χ2n) is 5.63. The van der Waals surface area contributed by atoms with Crippen molar-refractivity contribution in [3.8, 4) is 0 Å². The SMILES string of the molecule is C=CCCN1C(=O)C2(CCCCC2)NC(=O)C1CC. The second-order valence-corrected chi connectivity index (χ2v) is 5.63. The van der Waals surface area contributed by atoms with Gasteiger partial charge in [-0.1, -0.05) is 32.3 Å². The van der Waals surface area contributed by atoms with E-state index in [4.69, 9.17) is 0 Å². The summed E-state index contributed by atoms with van der Waals surface area (Å²) in [6.07, 6.45) is 8.01. The summed E-state index contributed by atoms with van der Waals surface area (Å²) in [4.78, 5) is 26.9. The summed E-state index contributed by atoms with van der Waals surface area (Å²) < 4.78 is 0. The number of nitrogens with zero attached hydrogens (tertiary/aromatic N) is 1. The van der Waals surface area contributed by atoms with Crippen molar-refractivity contribution >= 4 is 11.8 Å². The van der Waals surface area contributed by atoms with Crippen molar-refractivity contribution in [2.45, 2.75) is 63.5 Å². The normalized spacial score (nSPS) is 26.4. The molecule has 2 fully saturated rings. The summed E-state index contributed by atoms with van der Waals surface area (Å²) in [5.41, 5.74) is -0.609. The molecule has 4 heteroatoms. The minimum atomic E-state index is -0.609. The number of carbonyl (C=O) groups excluding carboxylic acids is 2. The third-order valence-electron chi connectivity index (χ3n) is 4.38. The molecule has 1 heterocycles. The summed E-state index contributed by atoms with van der Waals surface area (Å²) in [5, 5.41) is 3.03. The van der Waals surface area contributed by atoms with Crippen LogP contribution in [0.4, 0.5) is 0 Å². The van der Waals surface area contributed by atoms with Gasteiger partial charge in [0, 0.05) is 6.54 Å². The second kappa shape index (κ2) is 5.76. The minimum absolute atomic E-state index is 0.0214. The number of hydrogen-bond acceptors (Lipinski definition) is 2. The molecule has 106 valence electrons. The van der Waals surface area contributed by atoms with Gasteiger partial charge in [-0.3, -0.25) is 9.59 Å². The van der Waals surface area contributed by atoms with Crippen LogP contribution in [0, 0.1) is 0 Å². The topological polar surface area (TPSA) is 49.4 Å². The molecule has 1 unspecified atom stereocenters. The molecule has 0 radical (unpaired) electrons. The van der Waals surface area contributed by atoms with Crippen molar-refractivity contribution < 1.29 is 9.59 Å². The van der Waals surface area contributed by atoms with Gasteiger partial charge >= 0.3 is 0 Å². The average molecular weight is 264 g/mol. The summed E-state index contributed by atoms with van der Waals surface area (Å²) in [5.74, 6) is 0.147. The maximum absolute atomic E-state index is 12.8. The van der Waals surface area contributed by atoms with Gasteiger partial charge in [0.05, 0.1) is 0 Å². The molecule has 2 aliphatic rings. The molecule has 1 atom stereocenters. The summed E-state index contributed by atoms with van der Waals surface area (Å²) in [6.45, 7) is 6.27. The molecule has 0 aromatic carbocycles. The van der Waals surface area contributed by atoms with Crippen LogP contribution in [0.5, 0.6) is 0 Å². The minimum Gasteiger partial charge on any atom is -0.340 e. The largest absolute Gasteiger partial charge is 0.340 e. The standard InChI is InChI=1S/C15H24N2O2/c1-3-5-11-17-12(4-2)13(18)16-15(14(17)19)9-7-6-8-10-15/h3,12H,1,4-11H2,2H3,(H,16,18). The Hall–Kier alpha value is -1.32. The molecule has 4 nitrogen and oxygen atoms in total. The number of hydrogen-bond donors (Lipinski definition) is 1. The van der Waals surface area contributed by atoms with Gasteiger partial charge in [0.1, 0.15) is 11.6 Å². The molecule has 1 N–H and O–H groups in total. The molecule has 0 aromatic heterocycles. The Morgan fingerprint density at radius 2 is 2.05 bits per heavy atom. The third kappa shape index (κ3) is 2.53. The van der Waals surface area contributed by atoms with Crippen LogP contribution in [0.1, 0.15) is 51.9 Å². The fourth-order valence-electron chi connectivity index (χ4n) is 3.32. The molecule has 1 saturated heterocycles. The van der Waals surface area contributed by atoms with E-state index in [-0.39, 0.29) is 17.9 Å². The maximum atomic E-state index is 12.8. The molecule has 0 bridgehead atoms. The van der Waals surface area contributed by atoms with Crippen LogP contribution in [0.2, 0.25) is 0 Å². The molecule has 2 amide bonds. The van der Waals surface area contributed by atoms with Gasteiger partial charge in [0.15, 0.2) is 0 Å². The Bertz CT molecular complexity index is 372. The van der Waals surface area contributed by atoms with Gasteiger partial charge in [-0.05, 0) is 25.7 Å². The van der Waals surface area contributed by atoms with E-state index >= 15 is 0 Å². The zero-order valence-corrected chi connectivity index (χ0v) is 11.8. The Balaban J connectivity index is 2.23. The number of nitrogens with one attached hydrogen (secondary N) is 1. The van der Waals surface area contributed by atoms with E-state index < -0.39 is 5.54 Å².